The molecule has 0 spiro atoms. The fourth-order valence-corrected chi connectivity index (χ4v) is 3.33. The van der Waals surface area contributed by atoms with E-state index in [1.54, 1.807) is 0 Å². The Morgan fingerprint density at radius 2 is 1.75 bits per heavy atom. The lowest BCUT2D eigenvalue weighted by Crippen LogP contribution is -2.54. The smallest absolute Gasteiger partial charge is 0.317 e. The summed E-state index contributed by atoms with van der Waals surface area (Å²) in [5.74, 6) is 1.44. The third kappa shape index (κ3) is 3.44. The summed E-state index contributed by atoms with van der Waals surface area (Å²) in [5, 5.41) is 6.19. The van der Waals surface area contributed by atoms with Gasteiger partial charge in [0, 0.05) is 32.1 Å². The molecule has 5 heteroatoms. The third-order valence-corrected chi connectivity index (χ3v) is 4.67. The summed E-state index contributed by atoms with van der Waals surface area (Å²) < 4.78 is 0. The maximum atomic E-state index is 12.4. The highest BCUT2D eigenvalue weighted by molar-refractivity contribution is 5.75. The summed E-state index contributed by atoms with van der Waals surface area (Å²) in [5.41, 5.74) is 0. The molecule has 0 aromatic heterocycles. The summed E-state index contributed by atoms with van der Waals surface area (Å²) >= 11 is 0. The van der Waals surface area contributed by atoms with Crippen LogP contribution in [0.15, 0.2) is 0 Å². The average molecular weight is 279 g/mol. The van der Waals surface area contributed by atoms with Crippen LogP contribution in [0.4, 0.5) is 4.79 Å². The van der Waals surface area contributed by atoms with Gasteiger partial charge >= 0.3 is 6.03 Å². The molecule has 5 nitrogen and oxygen atoms in total. The number of hydrogen-bond acceptors (Lipinski definition) is 2. The van der Waals surface area contributed by atoms with Gasteiger partial charge in [-0.1, -0.05) is 0 Å². The van der Waals surface area contributed by atoms with E-state index in [0.29, 0.717) is 12.6 Å². The number of nitrogens with one attached hydrogen (secondary N) is 2. The zero-order chi connectivity index (χ0) is 14.1. The Morgan fingerprint density at radius 1 is 1.10 bits per heavy atom. The van der Waals surface area contributed by atoms with Crippen LogP contribution in [0.1, 0.15) is 45.4 Å². The van der Waals surface area contributed by atoms with Crippen LogP contribution in [-0.2, 0) is 4.79 Å². The fourth-order valence-electron chi connectivity index (χ4n) is 3.33. The van der Waals surface area contributed by atoms with Crippen LogP contribution < -0.4 is 10.6 Å². The van der Waals surface area contributed by atoms with Crippen molar-refractivity contribution in [3.05, 3.63) is 0 Å². The number of rotatable bonds is 4. The molecule has 2 aliphatic carbocycles. The molecule has 3 fully saturated rings. The lowest BCUT2D eigenvalue weighted by molar-refractivity contribution is -0.119. The van der Waals surface area contributed by atoms with Crippen LogP contribution in [-0.4, -0.2) is 42.0 Å². The van der Waals surface area contributed by atoms with Gasteiger partial charge in [-0.15, -0.1) is 0 Å². The standard InChI is InChI=1S/C15H25N3O2/c1-10(19)16-13-3-2-8-18(9-13)15(20)17-14(11-4-5-11)12-6-7-12/h11-14H,2-9H2,1H3,(H,16,19)(H,17,20)/t13-/m1/s1. The SMILES string of the molecule is CC(=O)N[C@@H]1CCCN(C(=O)NC(C2CC2)C2CC2)C1. The number of piperidine rings is 1. The summed E-state index contributed by atoms with van der Waals surface area (Å²) in [4.78, 5) is 25.4. The van der Waals surface area contributed by atoms with E-state index in [4.69, 9.17) is 0 Å². The zero-order valence-electron chi connectivity index (χ0n) is 12.2. The minimum Gasteiger partial charge on any atom is -0.352 e. The summed E-state index contributed by atoms with van der Waals surface area (Å²) in [6.07, 6.45) is 7.03. The van der Waals surface area contributed by atoms with Crippen molar-refractivity contribution < 1.29 is 9.59 Å². The van der Waals surface area contributed by atoms with Crippen LogP contribution in [0.2, 0.25) is 0 Å². The van der Waals surface area contributed by atoms with Gasteiger partial charge < -0.3 is 15.5 Å². The monoisotopic (exact) mass is 279 g/mol. The zero-order valence-corrected chi connectivity index (χ0v) is 12.2. The largest absolute Gasteiger partial charge is 0.352 e. The second-order valence-corrected chi connectivity index (χ2v) is 6.64. The Morgan fingerprint density at radius 3 is 2.30 bits per heavy atom. The predicted octanol–water partition coefficient (Wildman–Crippen LogP) is 1.49. The van der Waals surface area contributed by atoms with E-state index >= 15 is 0 Å². The molecule has 20 heavy (non-hydrogen) atoms. The fraction of sp³-hybridized carbons (Fsp3) is 0.867. The average Bonchev–Trinajstić information content (AvgIpc) is 3.28. The maximum absolute atomic E-state index is 12.4. The van der Waals surface area contributed by atoms with E-state index < -0.39 is 0 Å². The van der Waals surface area contributed by atoms with Crippen LogP contribution in [0.25, 0.3) is 0 Å². The number of hydrogen-bond donors (Lipinski definition) is 2. The highest BCUT2D eigenvalue weighted by Crippen LogP contribution is 2.44. The molecular weight excluding hydrogens is 254 g/mol. The van der Waals surface area contributed by atoms with E-state index in [2.05, 4.69) is 10.6 Å². The molecule has 0 aromatic carbocycles. The van der Waals surface area contributed by atoms with Crippen molar-refractivity contribution in [2.75, 3.05) is 13.1 Å². The molecule has 0 unspecified atom stereocenters. The quantitative estimate of drug-likeness (QED) is 0.819. The van der Waals surface area contributed by atoms with E-state index in [1.165, 1.54) is 32.6 Å². The Balaban J connectivity index is 1.51. The van der Waals surface area contributed by atoms with Gasteiger partial charge in [0.25, 0.3) is 0 Å². The minimum absolute atomic E-state index is 0.00824. The Labute approximate surface area is 120 Å². The number of carbonyl (C=O) groups is 2. The molecule has 2 saturated carbocycles. The molecule has 3 aliphatic rings. The summed E-state index contributed by atoms with van der Waals surface area (Å²) in [6, 6.07) is 0.597. The van der Waals surface area contributed by atoms with Crippen molar-refractivity contribution in [2.45, 2.75) is 57.5 Å². The van der Waals surface area contributed by atoms with Crippen LogP contribution in [0.3, 0.4) is 0 Å². The molecule has 3 amide bonds. The number of carbonyl (C=O) groups excluding carboxylic acids is 2. The highest BCUT2D eigenvalue weighted by atomic mass is 16.2. The van der Waals surface area contributed by atoms with Gasteiger partial charge in [-0.25, -0.2) is 4.79 Å². The van der Waals surface area contributed by atoms with Crippen molar-refractivity contribution in [3.8, 4) is 0 Å². The Hall–Kier alpha value is -1.26. The van der Waals surface area contributed by atoms with E-state index in [0.717, 1.165) is 31.2 Å². The first-order valence-corrected chi connectivity index (χ1v) is 7.96. The molecule has 2 N–H and O–H groups in total. The Bertz CT molecular complexity index is 379. The molecule has 0 bridgehead atoms. The van der Waals surface area contributed by atoms with Gasteiger partial charge in [0.05, 0.1) is 0 Å². The number of amides is 3. The van der Waals surface area contributed by atoms with Crippen LogP contribution in [0, 0.1) is 11.8 Å². The van der Waals surface area contributed by atoms with Crippen molar-refractivity contribution in [1.29, 1.82) is 0 Å². The van der Waals surface area contributed by atoms with Gasteiger partial charge in [-0.3, -0.25) is 4.79 Å². The molecule has 1 aliphatic heterocycles. The minimum atomic E-state index is -0.00824. The maximum Gasteiger partial charge on any atom is 0.317 e. The Kier molecular flexibility index (Phi) is 3.85. The van der Waals surface area contributed by atoms with Crippen LogP contribution in [0.5, 0.6) is 0 Å². The molecule has 1 saturated heterocycles. The van der Waals surface area contributed by atoms with E-state index in [9.17, 15) is 9.59 Å². The van der Waals surface area contributed by atoms with Gasteiger partial charge in [0.15, 0.2) is 0 Å². The van der Waals surface area contributed by atoms with Gasteiger partial charge in [0.1, 0.15) is 0 Å². The van der Waals surface area contributed by atoms with E-state index in [1.807, 2.05) is 4.90 Å². The third-order valence-electron chi connectivity index (χ3n) is 4.67. The molecular formula is C15H25N3O2. The van der Waals surface area contributed by atoms with Crippen molar-refractivity contribution in [2.24, 2.45) is 11.8 Å². The number of nitrogens with zero attached hydrogens (tertiary/aromatic N) is 1. The van der Waals surface area contributed by atoms with Gasteiger partial charge in [0.2, 0.25) is 5.91 Å². The lowest BCUT2D eigenvalue weighted by Gasteiger charge is -2.34. The predicted molar refractivity (Wildman–Crippen MR) is 76.2 cm³/mol. The summed E-state index contributed by atoms with van der Waals surface area (Å²) in [6.45, 7) is 2.99. The number of likely N-dealkylation sites (tertiary alicyclic amines) is 1. The molecule has 1 heterocycles. The first kappa shape index (κ1) is 13.7. The van der Waals surface area contributed by atoms with Crippen molar-refractivity contribution >= 4 is 11.9 Å². The molecule has 3 rings (SSSR count). The lowest BCUT2D eigenvalue weighted by atomic mass is 10.1. The second kappa shape index (κ2) is 5.62. The first-order chi connectivity index (χ1) is 9.63. The topological polar surface area (TPSA) is 61.4 Å². The molecule has 1 atom stereocenters. The van der Waals surface area contributed by atoms with Crippen LogP contribution >= 0.6 is 0 Å². The van der Waals surface area contributed by atoms with Gasteiger partial charge in [-0.2, -0.15) is 0 Å². The molecule has 0 radical (unpaired) electrons. The highest BCUT2D eigenvalue weighted by Gasteiger charge is 2.42. The molecule has 112 valence electrons. The second-order valence-electron chi connectivity index (χ2n) is 6.64. The van der Waals surface area contributed by atoms with E-state index in [-0.39, 0.29) is 18.0 Å². The summed E-state index contributed by atoms with van der Waals surface area (Å²) in [7, 11) is 0. The van der Waals surface area contributed by atoms with Gasteiger partial charge in [-0.05, 0) is 50.4 Å². The van der Waals surface area contributed by atoms with Crippen molar-refractivity contribution in [3.63, 3.8) is 0 Å². The number of urea groups is 1. The van der Waals surface area contributed by atoms with Crippen molar-refractivity contribution in [1.82, 2.24) is 15.5 Å². The first-order valence-electron chi connectivity index (χ1n) is 7.96. The normalized spacial score (nSPS) is 26.5. The molecule has 0 aromatic rings.